The van der Waals surface area contributed by atoms with E-state index < -0.39 is 0 Å². The molecule has 0 aromatic heterocycles. The normalized spacial score (nSPS) is 21.3. The lowest BCUT2D eigenvalue weighted by Crippen LogP contribution is -2.45. The third kappa shape index (κ3) is 4.75. The van der Waals surface area contributed by atoms with Crippen molar-refractivity contribution in [3.63, 3.8) is 0 Å². The van der Waals surface area contributed by atoms with Crippen molar-refractivity contribution in [3.05, 3.63) is 34.1 Å². The first-order chi connectivity index (χ1) is 12.6. The molecule has 3 rings (SSSR count). The third-order valence-electron chi connectivity index (χ3n) is 5.22. The van der Waals surface area contributed by atoms with Crippen molar-refractivity contribution in [2.45, 2.75) is 44.7 Å². The van der Waals surface area contributed by atoms with Gasteiger partial charge >= 0.3 is 0 Å². The van der Waals surface area contributed by atoms with Gasteiger partial charge in [-0.2, -0.15) is 0 Å². The highest BCUT2D eigenvalue weighted by Gasteiger charge is 2.32. The average molecular weight is 425 g/mol. The molecule has 2 N–H and O–H groups in total. The molecule has 1 aliphatic carbocycles. The van der Waals surface area contributed by atoms with Crippen LogP contribution in [0.3, 0.4) is 0 Å². The number of likely N-dealkylation sites (tertiary alicyclic amines) is 1. The third-order valence-corrected chi connectivity index (χ3v) is 5.72. The highest BCUT2D eigenvalue weighted by Crippen LogP contribution is 2.27. The van der Waals surface area contributed by atoms with Crippen LogP contribution in [0.15, 0.2) is 27.7 Å². The van der Waals surface area contributed by atoms with Crippen LogP contribution < -0.4 is 10.6 Å². The molecule has 5 nitrogen and oxygen atoms in total. The van der Waals surface area contributed by atoms with Gasteiger partial charge in [-0.1, -0.05) is 28.8 Å². The van der Waals surface area contributed by atoms with Gasteiger partial charge < -0.3 is 15.5 Å². The molecule has 1 heterocycles. The van der Waals surface area contributed by atoms with Crippen LogP contribution >= 0.6 is 15.9 Å². The number of hydrogen-bond acceptors (Lipinski definition) is 2. The minimum Gasteiger partial charge on any atom is -0.352 e. The van der Waals surface area contributed by atoms with Gasteiger partial charge in [0.1, 0.15) is 5.82 Å². The summed E-state index contributed by atoms with van der Waals surface area (Å²) in [7, 11) is 1.70. The second-order valence-electron chi connectivity index (χ2n) is 7.06. The molecule has 1 saturated carbocycles. The predicted octanol–water partition coefficient (Wildman–Crippen LogP) is 3.04. The Balaban J connectivity index is 1.49. The van der Waals surface area contributed by atoms with E-state index in [1.54, 1.807) is 19.2 Å². The summed E-state index contributed by atoms with van der Waals surface area (Å²) in [6.45, 7) is 1.86. The first-order valence-corrected chi connectivity index (χ1v) is 10.1. The molecule has 0 bridgehead atoms. The molecule has 0 spiro atoms. The van der Waals surface area contributed by atoms with Gasteiger partial charge in [0.25, 0.3) is 0 Å². The van der Waals surface area contributed by atoms with Crippen LogP contribution in [0.1, 0.15) is 37.7 Å². The van der Waals surface area contributed by atoms with Crippen molar-refractivity contribution in [2.75, 3.05) is 20.1 Å². The predicted molar refractivity (Wildman–Crippen MR) is 104 cm³/mol. The number of rotatable bonds is 4. The van der Waals surface area contributed by atoms with Gasteiger partial charge in [0, 0.05) is 48.7 Å². The fraction of sp³-hybridized carbons (Fsp3) is 0.579. The van der Waals surface area contributed by atoms with Gasteiger partial charge in [-0.05, 0) is 37.5 Å². The number of halogens is 2. The van der Waals surface area contributed by atoms with Crippen molar-refractivity contribution < 1.29 is 9.18 Å². The lowest BCUT2D eigenvalue weighted by atomic mass is 10.1. The fourth-order valence-electron chi connectivity index (χ4n) is 3.75. The number of aliphatic imine (C=N–C) groups is 1. The summed E-state index contributed by atoms with van der Waals surface area (Å²) in [6, 6.07) is 5.06. The number of benzene rings is 1. The Hall–Kier alpha value is -1.63. The minimum absolute atomic E-state index is 0.180. The Bertz CT molecular complexity index is 676. The summed E-state index contributed by atoms with van der Waals surface area (Å²) in [6.07, 6.45) is 5.33. The molecule has 2 aliphatic rings. The molecule has 1 atom stereocenters. The average Bonchev–Trinajstić information content (AvgIpc) is 3.32. The molecule has 142 valence electrons. The summed E-state index contributed by atoms with van der Waals surface area (Å²) in [5, 5.41) is 6.51. The van der Waals surface area contributed by atoms with Crippen LogP contribution in [0.5, 0.6) is 0 Å². The summed E-state index contributed by atoms with van der Waals surface area (Å²) >= 11 is 3.36. The van der Waals surface area contributed by atoms with Crippen LogP contribution in [-0.4, -0.2) is 42.9 Å². The molecule has 1 unspecified atom stereocenters. The van der Waals surface area contributed by atoms with Crippen molar-refractivity contribution in [1.82, 2.24) is 15.5 Å². The molecule has 1 saturated heterocycles. The lowest BCUT2D eigenvalue weighted by Gasteiger charge is -2.21. The largest absolute Gasteiger partial charge is 0.352 e. The van der Waals surface area contributed by atoms with Crippen molar-refractivity contribution in [1.29, 1.82) is 0 Å². The molecule has 26 heavy (non-hydrogen) atoms. The second kappa shape index (κ2) is 8.84. The standard InChI is InChI=1S/C19H26BrFN4O/c1-22-19(23-11-14-10-15(20)6-7-17(14)21)24-16-8-9-25(12-16)18(26)13-4-2-3-5-13/h6-7,10,13,16H,2-5,8-9,11-12H2,1H3,(H2,22,23,24). The van der Waals surface area contributed by atoms with Gasteiger partial charge in [-0.15, -0.1) is 0 Å². The van der Waals surface area contributed by atoms with E-state index in [4.69, 9.17) is 0 Å². The molecule has 2 fully saturated rings. The fourth-order valence-corrected chi connectivity index (χ4v) is 4.16. The van der Waals surface area contributed by atoms with Crippen molar-refractivity contribution in [2.24, 2.45) is 10.9 Å². The molecular formula is C19H26BrFN4O. The van der Waals surface area contributed by atoms with Gasteiger partial charge in [0.2, 0.25) is 5.91 Å². The van der Waals surface area contributed by atoms with E-state index in [9.17, 15) is 9.18 Å². The monoisotopic (exact) mass is 424 g/mol. The highest BCUT2D eigenvalue weighted by atomic mass is 79.9. The first kappa shape index (κ1) is 19.1. The number of guanidine groups is 1. The van der Waals surface area contributed by atoms with E-state index in [1.165, 1.54) is 18.9 Å². The van der Waals surface area contributed by atoms with Crippen LogP contribution in [-0.2, 0) is 11.3 Å². The van der Waals surface area contributed by atoms with Gasteiger partial charge in [-0.3, -0.25) is 9.79 Å². The topological polar surface area (TPSA) is 56.7 Å². The maximum Gasteiger partial charge on any atom is 0.225 e. The number of carbonyl (C=O) groups excluding carboxylic acids is 1. The smallest absolute Gasteiger partial charge is 0.225 e. The van der Waals surface area contributed by atoms with Crippen molar-refractivity contribution in [3.8, 4) is 0 Å². The molecule has 1 aromatic rings. The lowest BCUT2D eigenvalue weighted by molar-refractivity contribution is -0.134. The Kier molecular flexibility index (Phi) is 6.51. The second-order valence-corrected chi connectivity index (χ2v) is 7.97. The zero-order valence-electron chi connectivity index (χ0n) is 15.1. The summed E-state index contributed by atoms with van der Waals surface area (Å²) in [4.78, 5) is 18.7. The summed E-state index contributed by atoms with van der Waals surface area (Å²) in [5.41, 5.74) is 0.576. The Labute approximate surface area is 162 Å². The van der Waals surface area contributed by atoms with Crippen molar-refractivity contribution >= 4 is 27.8 Å². The highest BCUT2D eigenvalue weighted by molar-refractivity contribution is 9.10. The minimum atomic E-state index is -0.245. The van der Waals surface area contributed by atoms with Gasteiger partial charge in [0.05, 0.1) is 0 Å². The van der Waals surface area contributed by atoms with E-state index in [-0.39, 0.29) is 17.8 Å². The Morgan fingerprint density at radius 2 is 2.12 bits per heavy atom. The van der Waals surface area contributed by atoms with Crippen LogP contribution in [0.2, 0.25) is 0 Å². The maximum absolute atomic E-state index is 13.9. The van der Waals surface area contributed by atoms with E-state index in [0.717, 1.165) is 30.3 Å². The molecule has 1 aliphatic heterocycles. The van der Waals surface area contributed by atoms with E-state index in [2.05, 4.69) is 31.6 Å². The molecular weight excluding hydrogens is 399 g/mol. The zero-order valence-corrected chi connectivity index (χ0v) is 16.7. The molecule has 1 amide bonds. The summed E-state index contributed by atoms with van der Waals surface area (Å²) < 4.78 is 14.7. The molecule has 1 aromatic carbocycles. The van der Waals surface area contributed by atoms with E-state index >= 15 is 0 Å². The van der Waals surface area contributed by atoms with Gasteiger partial charge in [-0.25, -0.2) is 4.39 Å². The molecule has 0 radical (unpaired) electrons. The van der Waals surface area contributed by atoms with Crippen LogP contribution in [0.25, 0.3) is 0 Å². The first-order valence-electron chi connectivity index (χ1n) is 9.26. The quantitative estimate of drug-likeness (QED) is 0.576. The summed E-state index contributed by atoms with van der Waals surface area (Å²) in [5.74, 6) is 0.923. The number of nitrogens with zero attached hydrogens (tertiary/aromatic N) is 2. The SMILES string of the molecule is CN=C(NCc1cc(Br)ccc1F)NC1CCN(C(=O)C2CCCC2)C1. The Morgan fingerprint density at radius 3 is 2.85 bits per heavy atom. The van der Waals surface area contributed by atoms with Gasteiger partial charge in [0.15, 0.2) is 5.96 Å². The number of nitrogens with one attached hydrogen (secondary N) is 2. The number of carbonyl (C=O) groups is 1. The number of hydrogen-bond donors (Lipinski definition) is 2. The number of amides is 1. The molecule has 7 heteroatoms. The van der Waals surface area contributed by atoms with E-state index in [0.29, 0.717) is 30.5 Å². The van der Waals surface area contributed by atoms with Crippen LogP contribution in [0.4, 0.5) is 4.39 Å². The Morgan fingerprint density at radius 1 is 1.35 bits per heavy atom. The maximum atomic E-state index is 13.9. The van der Waals surface area contributed by atoms with E-state index in [1.807, 2.05) is 4.90 Å². The zero-order chi connectivity index (χ0) is 18.5. The van der Waals surface area contributed by atoms with Crippen LogP contribution in [0, 0.1) is 11.7 Å².